The zero-order valence-corrected chi connectivity index (χ0v) is 14.3. The number of benzene rings is 1. The molecule has 1 rings (SSSR count). The first-order valence-electron chi connectivity index (χ1n) is 7.78. The van der Waals surface area contributed by atoms with Gasteiger partial charge in [-0.25, -0.2) is 0 Å². The minimum atomic E-state index is -0.119. The molecule has 0 aliphatic carbocycles. The molecule has 1 aromatic rings. The van der Waals surface area contributed by atoms with E-state index in [1.807, 2.05) is 13.8 Å². The summed E-state index contributed by atoms with van der Waals surface area (Å²) in [5, 5.41) is 3.35. The molecular formula is C17H27NO2S. The molecule has 2 unspecified atom stereocenters. The molecule has 0 saturated carbocycles. The average molecular weight is 309 g/mol. The van der Waals surface area contributed by atoms with Crippen LogP contribution < -0.4 is 5.32 Å². The number of esters is 1. The average Bonchev–Trinajstić information content (AvgIpc) is 2.51. The van der Waals surface area contributed by atoms with E-state index in [0.29, 0.717) is 12.6 Å². The summed E-state index contributed by atoms with van der Waals surface area (Å²) in [4.78, 5) is 12.9. The molecule has 0 amide bonds. The van der Waals surface area contributed by atoms with E-state index in [9.17, 15) is 4.79 Å². The zero-order chi connectivity index (χ0) is 15.7. The number of carbonyl (C=O) groups excluding carboxylic acids is 1. The highest BCUT2D eigenvalue weighted by molar-refractivity contribution is 8.00. The molecule has 2 atom stereocenters. The predicted octanol–water partition coefficient (Wildman–Crippen LogP) is 4.18. The Hall–Kier alpha value is -1.00. The maximum Gasteiger partial charge on any atom is 0.319 e. The van der Waals surface area contributed by atoms with Gasteiger partial charge in [-0.05, 0) is 50.9 Å². The van der Waals surface area contributed by atoms with Crippen LogP contribution in [0.3, 0.4) is 0 Å². The van der Waals surface area contributed by atoms with E-state index in [4.69, 9.17) is 4.74 Å². The highest BCUT2D eigenvalue weighted by atomic mass is 32.2. The van der Waals surface area contributed by atoms with Gasteiger partial charge in [-0.1, -0.05) is 26.0 Å². The van der Waals surface area contributed by atoms with Crippen molar-refractivity contribution in [2.75, 3.05) is 13.2 Å². The summed E-state index contributed by atoms with van der Waals surface area (Å²) in [6, 6.07) is 8.80. The zero-order valence-electron chi connectivity index (χ0n) is 13.5. The second-order valence-corrected chi connectivity index (χ2v) is 6.29. The fourth-order valence-electron chi connectivity index (χ4n) is 2.01. The van der Waals surface area contributed by atoms with Gasteiger partial charge >= 0.3 is 5.97 Å². The van der Waals surface area contributed by atoms with Gasteiger partial charge in [-0.2, -0.15) is 0 Å². The number of thioether (sulfide) groups is 1. The van der Waals surface area contributed by atoms with Crippen LogP contribution in [-0.4, -0.2) is 24.4 Å². The molecular weight excluding hydrogens is 282 g/mol. The van der Waals surface area contributed by atoms with E-state index in [1.165, 1.54) is 5.56 Å². The maximum absolute atomic E-state index is 11.8. The smallest absolute Gasteiger partial charge is 0.319 e. The van der Waals surface area contributed by atoms with Crippen LogP contribution in [0.25, 0.3) is 0 Å². The number of carbonyl (C=O) groups is 1. The number of rotatable bonds is 9. The molecule has 0 aliphatic rings. The van der Waals surface area contributed by atoms with Crippen molar-refractivity contribution < 1.29 is 9.53 Å². The molecule has 3 nitrogen and oxygen atoms in total. The van der Waals surface area contributed by atoms with E-state index in [0.717, 1.165) is 24.3 Å². The lowest BCUT2D eigenvalue weighted by Crippen LogP contribution is -2.20. The molecule has 0 spiro atoms. The molecule has 1 aromatic carbocycles. The van der Waals surface area contributed by atoms with Crippen molar-refractivity contribution in [3.05, 3.63) is 29.8 Å². The monoisotopic (exact) mass is 309 g/mol. The van der Waals surface area contributed by atoms with Gasteiger partial charge < -0.3 is 10.1 Å². The number of hydrogen-bond donors (Lipinski definition) is 1. The van der Waals surface area contributed by atoms with Crippen LogP contribution in [-0.2, 0) is 9.53 Å². The summed E-state index contributed by atoms with van der Waals surface area (Å²) in [6.45, 7) is 9.66. The van der Waals surface area contributed by atoms with Crippen LogP contribution in [0.15, 0.2) is 29.2 Å². The first kappa shape index (κ1) is 18.1. The van der Waals surface area contributed by atoms with Crippen molar-refractivity contribution in [3.63, 3.8) is 0 Å². The van der Waals surface area contributed by atoms with Crippen molar-refractivity contribution in [1.82, 2.24) is 5.32 Å². The van der Waals surface area contributed by atoms with Gasteiger partial charge in [0.2, 0.25) is 0 Å². The first-order chi connectivity index (χ1) is 10.1. The minimum Gasteiger partial charge on any atom is -0.465 e. The fourth-order valence-corrected chi connectivity index (χ4v) is 2.96. The van der Waals surface area contributed by atoms with Crippen molar-refractivity contribution in [2.24, 2.45) is 0 Å². The summed E-state index contributed by atoms with van der Waals surface area (Å²) >= 11 is 1.58. The summed E-state index contributed by atoms with van der Waals surface area (Å²) in [6.07, 6.45) is 1.91. The Morgan fingerprint density at radius 3 is 2.43 bits per heavy atom. The fraction of sp³-hybridized carbons (Fsp3) is 0.588. The molecule has 0 fully saturated rings. The molecule has 0 heterocycles. The molecule has 1 N–H and O–H groups in total. The Kier molecular flexibility index (Phi) is 8.47. The Morgan fingerprint density at radius 2 is 1.90 bits per heavy atom. The van der Waals surface area contributed by atoms with Gasteiger partial charge in [0.1, 0.15) is 5.25 Å². The standard InChI is InChI=1S/C17H27NO2S/c1-5-12-18-13(4)14-8-10-15(11-9-14)21-16(6-2)17(19)20-7-3/h8-11,13,16,18H,5-7,12H2,1-4H3. The van der Waals surface area contributed by atoms with E-state index in [1.54, 1.807) is 11.8 Å². The van der Waals surface area contributed by atoms with Crippen molar-refractivity contribution in [1.29, 1.82) is 0 Å². The van der Waals surface area contributed by atoms with Gasteiger partial charge in [0.05, 0.1) is 6.61 Å². The minimum absolute atomic E-state index is 0.118. The van der Waals surface area contributed by atoms with E-state index in [2.05, 4.69) is 43.4 Å². The Labute approximate surface area is 132 Å². The number of nitrogens with one attached hydrogen (secondary N) is 1. The molecule has 0 bridgehead atoms. The van der Waals surface area contributed by atoms with Gasteiger partial charge in [-0.15, -0.1) is 11.8 Å². The summed E-state index contributed by atoms with van der Waals surface area (Å²) < 4.78 is 5.10. The molecule has 4 heteroatoms. The van der Waals surface area contributed by atoms with Crippen LogP contribution in [0, 0.1) is 0 Å². The van der Waals surface area contributed by atoms with Crippen LogP contribution in [0.2, 0.25) is 0 Å². The largest absolute Gasteiger partial charge is 0.465 e. The lowest BCUT2D eigenvalue weighted by Gasteiger charge is -2.16. The van der Waals surface area contributed by atoms with E-state index < -0.39 is 0 Å². The molecule has 0 aromatic heterocycles. The Morgan fingerprint density at radius 1 is 1.24 bits per heavy atom. The number of hydrogen-bond acceptors (Lipinski definition) is 4. The van der Waals surface area contributed by atoms with E-state index >= 15 is 0 Å². The molecule has 0 saturated heterocycles. The van der Waals surface area contributed by atoms with E-state index in [-0.39, 0.29) is 11.2 Å². The summed E-state index contributed by atoms with van der Waals surface area (Å²) in [5.41, 5.74) is 1.27. The summed E-state index contributed by atoms with van der Waals surface area (Å²) in [5.74, 6) is -0.118. The Bertz CT molecular complexity index is 419. The predicted molar refractivity (Wildman–Crippen MR) is 89.7 cm³/mol. The molecule has 0 radical (unpaired) electrons. The second kappa shape index (κ2) is 9.85. The lowest BCUT2D eigenvalue weighted by molar-refractivity contribution is -0.142. The third-order valence-corrected chi connectivity index (χ3v) is 4.63. The van der Waals surface area contributed by atoms with Gasteiger partial charge in [0.15, 0.2) is 0 Å². The van der Waals surface area contributed by atoms with Crippen LogP contribution >= 0.6 is 11.8 Å². The van der Waals surface area contributed by atoms with Gasteiger partial charge in [0.25, 0.3) is 0 Å². The maximum atomic E-state index is 11.8. The van der Waals surface area contributed by atoms with Crippen LogP contribution in [0.5, 0.6) is 0 Å². The van der Waals surface area contributed by atoms with Crippen molar-refractivity contribution in [3.8, 4) is 0 Å². The molecule has 118 valence electrons. The van der Waals surface area contributed by atoms with Crippen molar-refractivity contribution in [2.45, 2.75) is 56.7 Å². The third-order valence-electron chi connectivity index (χ3n) is 3.28. The SMILES string of the molecule is CCCNC(C)c1ccc(SC(CC)C(=O)OCC)cc1. The molecule has 0 aliphatic heterocycles. The normalized spacial score (nSPS) is 13.7. The topological polar surface area (TPSA) is 38.3 Å². The highest BCUT2D eigenvalue weighted by Crippen LogP contribution is 2.27. The highest BCUT2D eigenvalue weighted by Gasteiger charge is 2.19. The van der Waals surface area contributed by atoms with Gasteiger partial charge in [0, 0.05) is 10.9 Å². The van der Waals surface area contributed by atoms with Crippen LogP contribution in [0.4, 0.5) is 0 Å². The third kappa shape index (κ3) is 6.10. The van der Waals surface area contributed by atoms with Crippen LogP contribution in [0.1, 0.15) is 52.1 Å². The summed E-state index contributed by atoms with van der Waals surface area (Å²) in [7, 11) is 0. The molecule has 21 heavy (non-hydrogen) atoms. The second-order valence-electron chi connectivity index (χ2n) is 5.01. The first-order valence-corrected chi connectivity index (χ1v) is 8.66. The lowest BCUT2D eigenvalue weighted by atomic mass is 10.1. The van der Waals surface area contributed by atoms with Gasteiger partial charge in [-0.3, -0.25) is 4.79 Å². The Balaban J connectivity index is 2.62. The quantitative estimate of drug-likeness (QED) is 0.548. The number of ether oxygens (including phenoxy) is 1. The van der Waals surface area contributed by atoms with Crippen molar-refractivity contribution >= 4 is 17.7 Å².